The van der Waals surface area contributed by atoms with E-state index in [9.17, 15) is 8.78 Å². The van der Waals surface area contributed by atoms with E-state index in [1.165, 1.54) is 0 Å². The van der Waals surface area contributed by atoms with E-state index >= 15 is 0 Å². The van der Waals surface area contributed by atoms with Gasteiger partial charge in [-0.25, -0.2) is 18.7 Å². The van der Waals surface area contributed by atoms with Crippen molar-refractivity contribution in [3.8, 4) is 11.4 Å². The van der Waals surface area contributed by atoms with E-state index in [2.05, 4.69) is 15.0 Å². The van der Waals surface area contributed by atoms with Crippen LogP contribution in [0.4, 0.5) is 8.78 Å². The predicted molar refractivity (Wildman–Crippen MR) is 64.0 cm³/mol. The number of H-pyrrole nitrogens is 1. The Kier molecular flexibility index (Phi) is 2.33. The summed E-state index contributed by atoms with van der Waals surface area (Å²) in [4.78, 5) is 11.3. The Morgan fingerprint density at radius 1 is 1.06 bits per heavy atom. The maximum atomic E-state index is 13.6. The van der Waals surface area contributed by atoms with Gasteiger partial charge in [-0.3, -0.25) is 0 Å². The third-order valence-corrected chi connectivity index (χ3v) is 2.67. The van der Waals surface area contributed by atoms with E-state index in [4.69, 9.17) is 0 Å². The topological polar surface area (TPSA) is 41.6 Å². The van der Waals surface area contributed by atoms with Crippen molar-refractivity contribution in [3.05, 3.63) is 47.7 Å². The third kappa shape index (κ3) is 1.73. The highest BCUT2D eigenvalue weighted by atomic mass is 19.1. The second kappa shape index (κ2) is 3.87. The largest absolute Gasteiger partial charge is 0.336 e. The molecular formula is C13H9F2N3. The van der Waals surface area contributed by atoms with E-state index in [0.29, 0.717) is 11.2 Å². The molecule has 18 heavy (non-hydrogen) atoms. The molecule has 0 fully saturated rings. The molecule has 0 saturated carbocycles. The van der Waals surface area contributed by atoms with Crippen LogP contribution < -0.4 is 0 Å². The second-order valence-electron chi connectivity index (χ2n) is 4.03. The van der Waals surface area contributed by atoms with Crippen LogP contribution in [-0.4, -0.2) is 15.0 Å². The van der Waals surface area contributed by atoms with Gasteiger partial charge >= 0.3 is 0 Å². The number of pyridine rings is 1. The summed E-state index contributed by atoms with van der Waals surface area (Å²) in [6, 6.07) is 6.90. The molecule has 0 aliphatic carbocycles. The number of aryl methyl sites for hydroxylation is 1. The van der Waals surface area contributed by atoms with Crippen LogP contribution in [0.25, 0.3) is 22.6 Å². The van der Waals surface area contributed by atoms with Crippen LogP contribution in [0.2, 0.25) is 0 Å². The summed E-state index contributed by atoms with van der Waals surface area (Å²) in [5.41, 5.74) is 2.11. The van der Waals surface area contributed by atoms with Gasteiger partial charge in [-0.2, -0.15) is 0 Å². The number of halogens is 2. The summed E-state index contributed by atoms with van der Waals surface area (Å²) in [7, 11) is 0. The lowest BCUT2D eigenvalue weighted by Gasteiger charge is -1.98. The first-order valence-electron chi connectivity index (χ1n) is 5.42. The Labute approximate surface area is 102 Å². The van der Waals surface area contributed by atoms with Crippen molar-refractivity contribution in [1.29, 1.82) is 0 Å². The highest BCUT2D eigenvalue weighted by Crippen LogP contribution is 2.23. The average molecular weight is 245 g/mol. The SMILES string of the molecule is Cc1ccc2[nH]c(-c3cc(F)ccc3F)nc2n1. The Morgan fingerprint density at radius 2 is 1.89 bits per heavy atom. The summed E-state index contributed by atoms with van der Waals surface area (Å²) in [6.07, 6.45) is 0. The molecule has 0 amide bonds. The van der Waals surface area contributed by atoms with Gasteiger partial charge in [0.15, 0.2) is 5.65 Å². The number of fused-ring (bicyclic) bond motifs is 1. The third-order valence-electron chi connectivity index (χ3n) is 2.67. The molecule has 2 heterocycles. The normalized spacial score (nSPS) is 11.1. The van der Waals surface area contributed by atoms with Crippen LogP contribution in [0.15, 0.2) is 30.3 Å². The van der Waals surface area contributed by atoms with E-state index in [0.717, 1.165) is 23.9 Å². The molecule has 1 aromatic carbocycles. The first kappa shape index (κ1) is 10.8. The molecule has 5 heteroatoms. The lowest BCUT2D eigenvalue weighted by atomic mass is 10.2. The highest BCUT2D eigenvalue weighted by Gasteiger charge is 2.11. The summed E-state index contributed by atoms with van der Waals surface area (Å²) >= 11 is 0. The van der Waals surface area contributed by atoms with Crippen molar-refractivity contribution in [2.24, 2.45) is 0 Å². The standard InChI is InChI=1S/C13H9F2N3/c1-7-2-5-11-13(16-7)18-12(17-11)9-6-8(14)3-4-10(9)15/h2-6H,1H3,(H,16,17,18). The first-order valence-corrected chi connectivity index (χ1v) is 5.42. The Balaban J connectivity index is 2.22. The number of benzene rings is 1. The molecule has 3 nitrogen and oxygen atoms in total. The lowest BCUT2D eigenvalue weighted by molar-refractivity contribution is 0.602. The number of nitrogens with zero attached hydrogens (tertiary/aromatic N) is 2. The minimum absolute atomic E-state index is 0.102. The van der Waals surface area contributed by atoms with E-state index in [1.807, 2.05) is 19.1 Å². The van der Waals surface area contributed by atoms with Gasteiger partial charge in [0.25, 0.3) is 0 Å². The fraction of sp³-hybridized carbons (Fsp3) is 0.0769. The first-order chi connectivity index (χ1) is 8.63. The van der Waals surface area contributed by atoms with Gasteiger partial charge in [0.05, 0.1) is 11.1 Å². The Bertz CT molecular complexity index is 734. The monoisotopic (exact) mass is 245 g/mol. The molecule has 0 bridgehead atoms. The molecular weight excluding hydrogens is 236 g/mol. The zero-order chi connectivity index (χ0) is 12.7. The molecule has 0 saturated heterocycles. The molecule has 0 unspecified atom stereocenters. The zero-order valence-corrected chi connectivity index (χ0v) is 9.54. The molecule has 1 N–H and O–H groups in total. The minimum atomic E-state index is -0.521. The van der Waals surface area contributed by atoms with Gasteiger partial charge in [-0.1, -0.05) is 0 Å². The molecule has 0 spiro atoms. The van der Waals surface area contributed by atoms with Crippen LogP contribution in [0.1, 0.15) is 5.69 Å². The van der Waals surface area contributed by atoms with Crippen molar-refractivity contribution in [2.45, 2.75) is 6.92 Å². The Morgan fingerprint density at radius 3 is 2.72 bits per heavy atom. The summed E-state index contributed by atoms with van der Waals surface area (Å²) in [6.45, 7) is 1.84. The molecule has 0 aliphatic rings. The molecule has 2 aromatic heterocycles. The van der Waals surface area contributed by atoms with Crippen LogP contribution in [-0.2, 0) is 0 Å². The van der Waals surface area contributed by atoms with Crippen LogP contribution >= 0.6 is 0 Å². The van der Waals surface area contributed by atoms with Crippen molar-refractivity contribution < 1.29 is 8.78 Å². The van der Waals surface area contributed by atoms with Gasteiger partial charge in [0.1, 0.15) is 17.5 Å². The van der Waals surface area contributed by atoms with Gasteiger partial charge in [0.2, 0.25) is 0 Å². The number of aromatic nitrogens is 3. The zero-order valence-electron chi connectivity index (χ0n) is 9.54. The van der Waals surface area contributed by atoms with E-state index in [1.54, 1.807) is 0 Å². The van der Waals surface area contributed by atoms with Crippen LogP contribution in [0, 0.1) is 18.6 Å². The molecule has 0 radical (unpaired) electrons. The van der Waals surface area contributed by atoms with Crippen molar-refractivity contribution in [1.82, 2.24) is 15.0 Å². The molecule has 0 atom stereocenters. The van der Waals surface area contributed by atoms with Crippen molar-refractivity contribution in [3.63, 3.8) is 0 Å². The number of imidazole rings is 1. The number of hydrogen-bond donors (Lipinski definition) is 1. The molecule has 0 aliphatic heterocycles. The van der Waals surface area contributed by atoms with Gasteiger partial charge in [0, 0.05) is 5.69 Å². The quantitative estimate of drug-likeness (QED) is 0.715. The smallest absolute Gasteiger partial charge is 0.178 e. The second-order valence-corrected chi connectivity index (χ2v) is 4.03. The van der Waals surface area contributed by atoms with Crippen molar-refractivity contribution in [2.75, 3.05) is 0 Å². The van der Waals surface area contributed by atoms with Crippen molar-refractivity contribution >= 4 is 11.2 Å². The number of rotatable bonds is 1. The van der Waals surface area contributed by atoms with Crippen LogP contribution in [0.5, 0.6) is 0 Å². The number of hydrogen-bond acceptors (Lipinski definition) is 2. The van der Waals surface area contributed by atoms with E-state index in [-0.39, 0.29) is 11.4 Å². The molecule has 3 aromatic rings. The fourth-order valence-corrected chi connectivity index (χ4v) is 1.79. The predicted octanol–water partition coefficient (Wildman–Crippen LogP) is 3.21. The maximum Gasteiger partial charge on any atom is 0.178 e. The van der Waals surface area contributed by atoms with E-state index < -0.39 is 11.6 Å². The minimum Gasteiger partial charge on any atom is -0.336 e. The summed E-state index contributed by atoms with van der Waals surface area (Å²) in [5.74, 6) is -0.747. The summed E-state index contributed by atoms with van der Waals surface area (Å²) in [5, 5.41) is 0. The van der Waals surface area contributed by atoms with Gasteiger partial charge < -0.3 is 4.98 Å². The number of aromatic amines is 1. The Hall–Kier alpha value is -2.30. The maximum absolute atomic E-state index is 13.6. The average Bonchev–Trinajstić information content (AvgIpc) is 2.74. The van der Waals surface area contributed by atoms with Crippen LogP contribution in [0.3, 0.4) is 0 Å². The van der Waals surface area contributed by atoms with Gasteiger partial charge in [-0.05, 0) is 37.3 Å². The molecule has 90 valence electrons. The summed E-state index contributed by atoms with van der Waals surface area (Å²) < 4.78 is 26.7. The fourth-order valence-electron chi connectivity index (χ4n) is 1.79. The highest BCUT2D eigenvalue weighted by molar-refractivity contribution is 5.76. The molecule has 3 rings (SSSR count). The van der Waals surface area contributed by atoms with Gasteiger partial charge in [-0.15, -0.1) is 0 Å². The number of nitrogens with one attached hydrogen (secondary N) is 1. The lowest BCUT2D eigenvalue weighted by Crippen LogP contribution is -1.88.